The van der Waals surface area contributed by atoms with Crippen LogP contribution in [0.4, 0.5) is 0 Å². The van der Waals surface area contributed by atoms with Gasteiger partial charge < -0.3 is 14.6 Å². The van der Waals surface area contributed by atoms with Gasteiger partial charge in [-0.05, 0) is 89.9 Å². The first-order valence-corrected chi connectivity index (χ1v) is 18.4. The highest BCUT2D eigenvalue weighted by Gasteiger charge is 2.15. The van der Waals surface area contributed by atoms with Crippen LogP contribution < -0.4 is 0 Å². The first-order valence-electron chi connectivity index (χ1n) is 18.4. The molecular weight excluding hydrogens is 596 g/mol. The smallest absolute Gasteiger partial charge is 0.306 e. The number of rotatable bonds is 31. The van der Waals surface area contributed by atoms with Crippen LogP contribution in [0.3, 0.4) is 0 Å². The van der Waals surface area contributed by atoms with Crippen molar-refractivity contribution in [2.75, 3.05) is 13.2 Å². The predicted octanol–water partition coefficient (Wildman–Crippen LogP) is 11.5. The summed E-state index contributed by atoms with van der Waals surface area (Å²) in [5.74, 6) is -0.748. The monoisotopic (exact) mass is 662 g/mol. The molecule has 0 fully saturated rings. The number of hydrogen-bond donors (Lipinski definition) is 1. The Labute approximate surface area is 293 Å². The highest BCUT2D eigenvalue weighted by atomic mass is 16.6. The summed E-state index contributed by atoms with van der Waals surface area (Å²) in [6, 6.07) is 0. The fourth-order valence-electron chi connectivity index (χ4n) is 4.29. The van der Waals surface area contributed by atoms with Gasteiger partial charge in [0.15, 0.2) is 6.10 Å². The van der Waals surface area contributed by atoms with Gasteiger partial charge in [0.2, 0.25) is 0 Å². The molecule has 268 valence electrons. The van der Waals surface area contributed by atoms with E-state index in [4.69, 9.17) is 9.47 Å². The topological polar surface area (TPSA) is 72.8 Å². The minimum absolute atomic E-state index is 0.129. The number of aliphatic hydroxyl groups excluding tert-OH is 1. The summed E-state index contributed by atoms with van der Waals surface area (Å²) in [6.07, 6.45) is 54.4. The molecule has 0 unspecified atom stereocenters. The number of carbonyl (C=O) groups is 2. The van der Waals surface area contributed by atoms with E-state index in [0.29, 0.717) is 12.8 Å². The molecule has 0 saturated heterocycles. The molecule has 0 bridgehead atoms. The van der Waals surface area contributed by atoms with E-state index in [1.807, 2.05) is 12.2 Å². The summed E-state index contributed by atoms with van der Waals surface area (Å²) in [5.41, 5.74) is 0. The minimum atomic E-state index is -0.829. The molecule has 0 rings (SSSR count). The standard InChI is InChI=1S/C43H66O5/c1-3-5-7-9-11-13-15-17-19-20-21-22-24-25-27-29-31-33-35-37-42(45)47-40-41(39-44)48-43(46)38-36-34-32-30-28-26-23-18-16-14-12-10-8-6-4-2/h5,7,11-14,17-19,21-23,25,27-28,30-31,33,41,44H,3-4,6,8-10,15-16,20,24,26,29,32,34-40H2,1-2H3/t41-/m0/s1. The summed E-state index contributed by atoms with van der Waals surface area (Å²) in [6.45, 7) is 3.86. The van der Waals surface area contributed by atoms with Gasteiger partial charge in [-0.15, -0.1) is 0 Å². The van der Waals surface area contributed by atoms with Crippen molar-refractivity contribution in [3.05, 3.63) is 109 Å². The maximum Gasteiger partial charge on any atom is 0.306 e. The molecule has 0 aromatic heterocycles. The van der Waals surface area contributed by atoms with E-state index < -0.39 is 6.10 Å². The quantitative estimate of drug-likeness (QED) is 0.0454. The van der Waals surface area contributed by atoms with Crippen LogP contribution in [0.25, 0.3) is 0 Å². The molecule has 0 spiro atoms. The molecule has 1 atom stereocenters. The van der Waals surface area contributed by atoms with E-state index in [2.05, 4.69) is 111 Å². The summed E-state index contributed by atoms with van der Waals surface area (Å²) in [7, 11) is 0. The summed E-state index contributed by atoms with van der Waals surface area (Å²) in [5, 5.41) is 9.52. The van der Waals surface area contributed by atoms with E-state index in [1.165, 1.54) is 25.7 Å². The maximum absolute atomic E-state index is 12.1. The Morgan fingerprint density at radius 3 is 1.35 bits per heavy atom. The van der Waals surface area contributed by atoms with Gasteiger partial charge in [-0.3, -0.25) is 9.59 Å². The Morgan fingerprint density at radius 2 is 0.917 bits per heavy atom. The number of ether oxygens (including phenoxy) is 2. The Hall–Kier alpha value is -3.44. The van der Waals surface area contributed by atoms with E-state index in [-0.39, 0.29) is 38.0 Å². The van der Waals surface area contributed by atoms with E-state index in [1.54, 1.807) is 0 Å². The molecule has 0 radical (unpaired) electrons. The van der Waals surface area contributed by atoms with Gasteiger partial charge in [-0.2, -0.15) is 0 Å². The predicted molar refractivity (Wildman–Crippen MR) is 205 cm³/mol. The van der Waals surface area contributed by atoms with Gasteiger partial charge in [0, 0.05) is 12.8 Å². The lowest BCUT2D eigenvalue weighted by atomic mass is 10.1. The van der Waals surface area contributed by atoms with Crippen molar-refractivity contribution in [1.82, 2.24) is 0 Å². The first-order chi connectivity index (χ1) is 23.6. The molecule has 5 heteroatoms. The van der Waals surface area contributed by atoms with Crippen LogP contribution in [-0.4, -0.2) is 36.4 Å². The third kappa shape index (κ3) is 35.4. The van der Waals surface area contributed by atoms with Crippen molar-refractivity contribution in [2.45, 2.75) is 136 Å². The van der Waals surface area contributed by atoms with Gasteiger partial charge in [0.25, 0.3) is 0 Å². The molecule has 0 aromatic carbocycles. The Bertz CT molecular complexity index is 1020. The summed E-state index contributed by atoms with van der Waals surface area (Å²) in [4.78, 5) is 24.2. The van der Waals surface area contributed by atoms with Crippen LogP contribution >= 0.6 is 0 Å². The Kier molecular flexibility index (Phi) is 35.3. The van der Waals surface area contributed by atoms with E-state index in [9.17, 15) is 14.7 Å². The van der Waals surface area contributed by atoms with Crippen LogP contribution in [0.2, 0.25) is 0 Å². The Balaban J connectivity index is 3.82. The molecule has 0 aliphatic heterocycles. The van der Waals surface area contributed by atoms with Gasteiger partial charge in [-0.1, -0.05) is 136 Å². The van der Waals surface area contributed by atoms with Crippen molar-refractivity contribution in [1.29, 1.82) is 0 Å². The average molecular weight is 663 g/mol. The van der Waals surface area contributed by atoms with Gasteiger partial charge >= 0.3 is 11.9 Å². The maximum atomic E-state index is 12.1. The lowest BCUT2D eigenvalue weighted by Crippen LogP contribution is -2.28. The lowest BCUT2D eigenvalue weighted by molar-refractivity contribution is -0.161. The second kappa shape index (κ2) is 38.0. The summed E-state index contributed by atoms with van der Waals surface area (Å²) < 4.78 is 10.5. The van der Waals surface area contributed by atoms with Crippen LogP contribution in [0.15, 0.2) is 109 Å². The molecule has 48 heavy (non-hydrogen) atoms. The van der Waals surface area contributed by atoms with Crippen molar-refractivity contribution in [3.8, 4) is 0 Å². The molecule has 5 nitrogen and oxygen atoms in total. The molecule has 0 saturated carbocycles. The van der Waals surface area contributed by atoms with Gasteiger partial charge in [0.05, 0.1) is 6.61 Å². The third-order valence-corrected chi connectivity index (χ3v) is 7.06. The van der Waals surface area contributed by atoms with Crippen molar-refractivity contribution in [2.24, 2.45) is 0 Å². The van der Waals surface area contributed by atoms with Gasteiger partial charge in [0.1, 0.15) is 6.61 Å². The zero-order valence-corrected chi connectivity index (χ0v) is 30.2. The zero-order valence-electron chi connectivity index (χ0n) is 30.2. The van der Waals surface area contributed by atoms with Crippen molar-refractivity contribution < 1.29 is 24.2 Å². The SMILES string of the molecule is CCC=CCC=CCC=CCC=CCC=CCC=CCCC(=O)OC[C@H](CO)OC(=O)CCCCC=CCC=CCC=CCCCCC. The molecule has 0 aliphatic rings. The second-order valence-electron chi connectivity index (χ2n) is 11.6. The van der Waals surface area contributed by atoms with E-state index >= 15 is 0 Å². The number of unbranched alkanes of at least 4 members (excludes halogenated alkanes) is 5. The summed E-state index contributed by atoms with van der Waals surface area (Å²) >= 11 is 0. The fraction of sp³-hybridized carbons (Fsp3) is 0.535. The normalized spacial score (nSPS) is 13.5. The Morgan fingerprint density at radius 1 is 0.500 bits per heavy atom. The number of hydrogen-bond acceptors (Lipinski definition) is 5. The van der Waals surface area contributed by atoms with Crippen LogP contribution in [0.5, 0.6) is 0 Å². The molecule has 0 amide bonds. The largest absolute Gasteiger partial charge is 0.462 e. The number of esters is 2. The molecular formula is C43H66O5. The third-order valence-electron chi connectivity index (χ3n) is 7.06. The van der Waals surface area contributed by atoms with Crippen LogP contribution in [-0.2, 0) is 19.1 Å². The highest BCUT2D eigenvalue weighted by molar-refractivity contribution is 5.70. The lowest BCUT2D eigenvalue weighted by Gasteiger charge is -2.15. The van der Waals surface area contributed by atoms with Crippen LogP contribution in [0, 0.1) is 0 Å². The van der Waals surface area contributed by atoms with Gasteiger partial charge in [-0.25, -0.2) is 0 Å². The number of aliphatic hydroxyl groups is 1. The molecule has 0 heterocycles. The average Bonchev–Trinajstić information content (AvgIpc) is 3.09. The fourth-order valence-corrected chi connectivity index (χ4v) is 4.29. The van der Waals surface area contributed by atoms with Crippen molar-refractivity contribution in [3.63, 3.8) is 0 Å². The zero-order chi connectivity index (χ0) is 35.0. The van der Waals surface area contributed by atoms with E-state index in [0.717, 1.165) is 64.2 Å². The molecule has 1 N–H and O–H groups in total. The molecule has 0 aliphatic carbocycles. The van der Waals surface area contributed by atoms with Crippen molar-refractivity contribution >= 4 is 11.9 Å². The first kappa shape index (κ1) is 44.6. The number of allylic oxidation sites excluding steroid dienone is 18. The number of carbonyl (C=O) groups excluding carboxylic acids is 2. The van der Waals surface area contributed by atoms with Crippen LogP contribution in [0.1, 0.15) is 129 Å². The highest BCUT2D eigenvalue weighted by Crippen LogP contribution is 2.07. The second-order valence-corrected chi connectivity index (χ2v) is 11.6. The molecule has 0 aromatic rings. The minimum Gasteiger partial charge on any atom is -0.462 e.